The van der Waals surface area contributed by atoms with Gasteiger partial charge >= 0.3 is 0 Å². The van der Waals surface area contributed by atoms with Crippen LogP contribution < -0.4 is 5.73 Å². The molecule has 19 heavy (non-hydrogen) atoms. The van der Waals surface area contributed by atoms with Crippen molar-refractivity contribution in [2.45, 2.75) is 57.8 Å². The summed E-state index contributed by atoms with van der Waals surface area (Å²) >= 11 is 4.82. The van der Waals surface area contributed by atoms with E-state index in [1.54, 1.807) is 0 Å². The third-order valence-corrected chi connectivity index (χ3v) is 4.56. The average Bonchev–Trinajstić information content (AvgIpc) is 2.55. The molecule has 0 radical (unpaired) electrons. The van der Waals surface area contributed by atoms with Gasteiger partial charge in [-0.1, -0.05) is 37.9 Å². The molecule has 2 fully saturated rings. The van der Waals surface area contributed by atoms with E-state index in [-0.39, 0.29) is 17.2 Å². The normalized spacial score (nSPS) is 22.8. The quantitative estimate of drug-likeness (QED) is 0.634. The van der Waals surface area contributed by atoms with E-state index in [1.165, 1.54) is 17.7 Å². The van der Waals surface area contributed by atoms with Crippen molar-refractivity contribution in [2.24, 2.45) is 11.1 Å². The molecule has 0 aromatic rings. The SMILES string of the molecule is NC(=S)CCCN1C(=O)CC2(CCCCCC2)C1=O. The maximum Gasteiger partial charge on any atom is 0.235 e. The Kier molecular flexibility index (Phi) is 4.55. The molecular weight excluding hydrogens is 260 g/mol. The van der Waals surface area contributed by atoms with Crippen LogP contribution in [0.1, 0.15) is 57.8 Å². The number of nitrogens with zero attached hydrogens (tertiary/aromatic N) is 1. The zero-order valence-corrected chi connectivity index (χ0v) is 12.1. The minimum atomic E-state index is -0.378. The van der Waals surface area contributed by atoms with Gasteiger partial charge in [0, 0.05) is 13.0 Å². The van der Waals surface area contributed by atoms with Crippen LogP contribution in [0, 0.1) is 5.41 Å². The number of thiocarbonyl (C=S) groups is 1. The van der Waals surface area contributed by atoms with Crippen molar-refractivity contribution >= 4 is 29.0 Å². The molecule has 1 aliphatic carbocycles. The number of imide groups is 1. The molecule has 106 valence electrons. The fourth-order valence-electron chi connectivity index (χ4n) is 3.29. The molecule has 0 atom stereocenters. The van der Waals surface area contributed by atoms with Crippen LogP contribution in [-0.4, -0.2) is 28.2 Å². The van der Waals surface area contributed by atoms with Crippen LogP contribution in [0.4, 0.5) is 0 Å². The van der Waals surface area contributed by atoms with E-state index in [2.05, 4.69) is 0 Å². The Morgan fingerprint density at radius 3 is 2.42 bits per heavy atom. The predicted molar refractivity (Wildman–Crippen MR) is 77.5 cm³/mol. The third-order valence-electron chi connectivity index (χ3n) is 4.36. The van der Waals surface area contributed by atoms with Crippen LogP contribution in [-0.2, 0) is 9.59 Å². The topological polar surface area (TPSA) is 63.4 Å². The highest BCUT2D eigenvalue weighted by molar-refractivity contribution is 7.80. The Morgan fingerprint density at radius 1 is 1.21 bits per heavy atom. The second kappa shape index (κ2) is 5.99. The third kappa shape index (κ3) is 3.14. The van der Waals surface area contributed by atoms with Gasteiger partial charge in [0.05, 0.1) is 10.4 Å². The summed E-state index contributed by atoms with van der Waals surface area (Å²) in [6.45, 7) is 0.469. The summed E-state index contributed by atoms with van der Waals surface area (Å²) in [4.78, 5) is 26.5. The van der Waals surface area contributed by atoms with E-state index in [1.807, 2.05) is 0 Å². The van der Waals surface area contributed by atoms with Gasteiger partial charge in [0.2, 0.25) is 11.8 Å². The van der Waals surface area contributed by atoms with E-state index in [9.17, 15) is 9.59 Å². The number of amides is 2. The Hall–Kier alpha value is -0.970. The van der Waals surface area contributed by atoms with E-state index < -0.39 is 0 Å². The van der Waals surface area contributed by atoms with Crippen molar-refractivity contribution in [1.82, 2.24) is 4.90 Å². The number of carbonyl (C=O) groups is 2. The maximum atomic E-state index is 12.6. The van der Waals surface area contributed by atoms with E-state index in [0.717, 1.165) is 25.7 Å². The summed E-state index contributed by atoms with van der Waals surface area (Å²) in [5, 5.41) is 0. The summed E-state index contributed by atoms with van der Waals surface area (Å²) in [6.07, 6.45) is 7.96. The number of hydrogen-bond acceptors (Lipinski definition) is 3. The molecule has 2 amide bonds. The molecule has 2 aliphatic rings. The molecule has 1 spiro atoms. The first-order valence-electron chi connectivity index (χ1n) is 7.18. The standard InChI is InChI=1S/C14H22N2O2S/c15-11(19)6-5-9-16-12(17)10-14(13(16)18)7-3-1-2-4-8-14/h1-10H2,(H2,15,19). The Bertz CT molecular complexity index is 387. The lowest BCUT2D eigenvalue weighted by atomic mass is 9.79. The van der Waals surface area contributed by atoms with Crippen molar-refractivity contribution in [3.63, 3.8) is 0 Å². The fourth-order valence-corrected chi connectivity index (χ4v) is 3.44. The number of likely N-dealkylation sites (tertiary alicyclic amines) is 1. The molecule has 1 aliphatic heterocycles. The van der Waals surface area contributed by atoms with Crippen LogP contribution in [0.5, 0.6) is 0 Å². The van der Waals surface area contributed by atoms with Gasteiger partial charge in [0.25, 0.3) is 0 Å². The zero-order chi connectivity index (χ0) is 13.9. The molecule has 2 rings (SSSR count). The van der Waals surface area contributed by atoms with Gasteiger partial charge in [-0.15, -0.1) is 0 Å². The molecular formula is C14H22N2O2S. The Morgan fingerprint density at radius 2 is 1.84 bits per heavy atom. The van der Waals surface area contributed by atoms with Crippen molar-refractivity contribution in [3.8, 4) is 0 Å². The summed E-state index contributed by atoms with van der Waals surface area (Å²) in [7, 11) is 0. The smallest absolute Gasteiger partial charge is 0.235 e. The first kappa shape index (κ1) is 14.4. The lowest BCUT2D eigenvalue weighted by molar-refractivity contribution is -0.141. The van der Waals surface area contributed by atoms with Crippen molar-refractivity contribution in [1.29, 1.82) is 0 Å². The second-order valence-corrected chi connectivity index (χ2v) is 6.32. The molecule has 1 saturated heterocycles. The number of rotatable bonds is 4. The number of nitrogens with two attached hydrogens (primary N) is 1. The van der Waals surface area contributed by atoms with E-state index >= 15 is 0 Å². The van der Waals surface area contributed by atoms with Crippen LogP contribution >= 0.6 is 12.2 Å². The Labute approximate surface area is 119 Å². The molecule has 1 heterocycles. The zero-order valence-electron chi connectivity index (χ0n) is 11.3. The van der Waals surface area contributed by atoms with Gasteiger partial charge in [-0.3, -0.25) is 14.5 Å². The minimum Gasteiger partial charge on any atom is -0.393 e. The monoisotopic (exact) mass is 282 g/mol. The molecule has 0 aromatic carbocycles. The number of carbonyl (C=O) groups excluding carboxylic acids is 2. The molecule has 0 bridgehead atoms. The predicted octanol–water partition coefficient (Wildman–Crippen LogP) is 2.15. The summed E-state index contributed by atoms with van der Waals surface area (Å²) < 4.78 is 0. The molecule has 1 saturated carbocycles. The first-order chi connectivity index (χ1) is 9.05. The fraction of sp³-hybridized carbons (Fsp3) is 0.786. The first-order valence-corrected chi connectivity index (χ1v) is 7.59. The number of hydrogen-bond donors (Lipinski definition) is 1. The van der Waals surface area contributed by atoms with Gasteiger partial charge < -0.3 is 5.73 Å². The van der Waals surface area contributed by atoms with Crippen LogP contribution in [0.3, 0.4) is 0 Å². The highest BCUT2D eigenvalue weighted by Gasteiger charge is 2.50. The highest BCUT2D eigenvalue weighted by Crippen LogP contribution is 2.44. The van der Waals surface area contributed by atoms with Crippen LogP contribution in [0.15, 0.2) is 0 Å². The van der Waals surface area contributed by atoms with E-state index in [0.29, 0.717) is 30.8 Å². The largest absolute Gasteiger partial charge is 0.393 e. The molecule has 5 heteroatoms. The summed E-state index contributed by atoms with van der Waals surface area (Å²) in [5.74, 6) is 0.0529. The molecule has 0 aromatic heterocycles. The van der Waals surface area contributed by atoms with Gasteiger partial charge in [0.1, 0.15) is 0 Å². The lowest BCUT2D eigenvalue weighted by Crippen LogP contribution is -2.36. The van der Waals surface area contributed by atoms with Crippen molar-refractivity contribution in [2.75, 3.05) is 6.54 Å². The van der Waals surface area contributed by atoms with Crippen molar-refractivity contribution < 1.29 is 9.59 Å². The average molecular weight is 282 g/mol. The second-order valence-electron chi connectivity index (χ2n) is 5.79. The van der Waals surface area contributed by atoms with Gasteiger partial charge in [-0.25, -0.2) is 0 Å². The highest BCUT2D eigenvalue weighted by atomic mass is 32.1. The molecule has 2 N–H and O–H groups in total. The van der Waals surface area contributed by atoms with Gasteiger partial charge in [-0.2, -0.15) is 0 Å². The lowest BCUT2D eigenvalue weighted by Gasteiger charge is -2.25. The Balaban J connectivity index is 2.00. The summed E-state index contributed by atoms with van der Waals surface area (Å²) in [5.41, 5.74) is 5.07. The minimum absolute atomic E-state index is 0.00478. The van der Waals surface area contributed by atoms with Gasteiger partial charge in [0.15, 0.2) is 0 Å². The van der Waals surface area contributed by atoms with E-state index in [4.69, 9.17) is 18.0 Å². The maximum absolute atomic E-state index is 12.6. The van der Waals surface area contributed by atoms with Crippen molar-refractivity contribution in [3.05, 3.63) is 0 Å². The van der Waals surface area contributed by atoms with Crippen LogP contribution in [0.2, 0.25) is 0 Å². The van der Waals surface area contributed by atoms with Crippen LogP contribution in [0.25, 0.3) is 0 Å². The summed E-state index contributed by atoms with van der Waals surface area (Å²) in [6, 6.07) is 0. The molecule has 0 unspecified atom stereocenters. The van der Waals surface area contributed by atoms with Gasteiger partial charge in [-0.05, 0) is 25.7 Å². The molecule has 4 nitrogen and oxygen atoms in total.